The first-order valence-electron chi connectivity index (χ1n) is 5.59. The number of carbonyl (C=O) groups excluding carboxylic acids is 1. The first-order chi connectivity index (χ1) is 7.67. The van der Waals surface area contributed by atoms with Crippen molar-refractivity contribution in [3.8, 4) is 0 Å². The largest absolute Gasteiger partial charge is 0.359 e. The van der Waals surface area contributed by atoms with Gasteiger partial charge < -0.3 is 10.6 Å². The van der Waals surface area contributed by atoms with Gasteiger partial charge in [0, 0.05) is 44.9 Å². The van der Waals surface area contributed by atoms with Crippen LogP contribution >= 0.6 is 0 Å². The molecule has 1 atom stereocenters. The quantitative estimate of drug-likeness (QED) is 0.744. The highest BCUT2D eigenvalue weighted by Crippen LogP contribution is 2.14. The summed E-state index contributed by atoms with van der Waals surface area (Å²) in [5.74, 6) is 0.0635. The standard InChI is InChI=1S/C11H20N4O/c1-4-10(9-7-14-15(3)8-9)13-6-5-11(16)12-2/h7-8,10,13H,4-6H2,1-3H3,(H,12,16). The first kappa shape index (κ1) is 12.7. The maximum absolute atomic E-state index is 11.1. The van der Waals surface area contributed by atoms with Gasteiger partial charge in [-0.25, -0.2) is 0 Å². The van der Waals surface area contributed by atoms with Crippen LogP contribution in [0.25, 0.3) is 0 Å². The number of hydrogen-bond donors (Lipinski definition) is 2. The number of carbonyl (C=O) groups is 1. The monoisotopic (exact) mass is 224 g/mol. The van der Waals surface area contributed by atoms with E-state index in [4.69, 9.17) is 0 Å². The molecule has 5 nitrogen and oxygen atoms in total. The van der Waals surface area contributed by atoms with Crippen molar-refractivity contribution in [2.75, 3.05) is 13.6 Å². The van der Waals surface area contributed by atoms with Gasteiger partial charge in [0.2, 0.25) is 5.91 Å². The Hall–Kier alpha value is -1.36. The molecule has 1 aromatic rings. The van der Waals surface area contributed by atoms with E-state index in [1.165, 1.54) is 5.56 Å². The topological polar surface area (TPSA) is 59.0 Å². The van der Waals surface area contributed by atoms with Gasteiger partial charge in [-0.15, -0.1) is 0 Å². The molecule has 16 heavy (non-hydrogen) atoms. The molecule has 0 aliphatic rings. The minimum absolute atomic E-state index is 0.0635. The van der Waals surface area contributed by atoms with Crippen molar-refractivity contribution in [2.24, 2.45) is 7.05 Å². The number of rotatable bonds is 6. The Morgan fingerprint density at radius 1 is 1.62 bits per heavy atom. The second-order valence-electron chi connectivity index (χ2n) is 3.79. The fourth-order valence-corrected chi connectivity index (χ4v) is 1.60. The van der Waals surface area contributed by atoms with Crippen molar-refractivity contribution in [2.45, 2.75) is 25.8 Å². The highest BCUT2D eigenvalue weighted by Gasteiger charge is 2.10. The van der Waals surface area contributed by atoms with Crippen molar-refractivity contribution >= 4 is 5.91 Å². The van der Waals surface area contributed by atoms with Gasteiger partial charge in [0.25, 0.3) is 0 Å². The summed E-state index contributed by atoms with van der Waals surface area (Å²) < 4.78 is 1.79. The van der Waals surface area contributed by atoms with E-state index in [1.54, 1.807) is 11.7 Å². The van der Waals surface area contributed by atoms with Crippen LogP contribution in [0.3, 0.4) is 0 Å². The molecule has 90 valence electrons. The molecule has 0 aliphatic carbocycles. The SMILES string of the molecule is CCC(NCCC(=O)NC)c1cnn(C)c1. The summed E-state index contributed by atoms with van der Waals surface area (Å²) in [5.41, 5.74) is 1.17. The molecule has 5 heteroatoms. The van der Waals surface area contributed by atoms with Gasteiger partial charge in [0.05, 0.1) is 6.20 Å². The summed E-state index contributed by atoms with van der Waals surface area (Å²) in [7, 11) is 3.56. The smallest absolute Gasteiger partial charge is 0.221 e. The summed E-state index contributed by atoms with van der Waals surface area (Å²) in [6, 6.07) is 0.276. The van der Waals surface area contributed by atoms with Crippen LogP contribution in [-0.2, 0) is 11.8 Å². The van der Waals surface area contributed by atoms with Crippen LogP contribution in [0.2, 0.25) is 0 Å². The zero-order valence-electron chi connectivity index (χ0n) is 10.2. The lowest BCUT2D eigenvalue weighted by Gasteiger charge is -2.14. The zero-order valence-corrected chi connectivity index (χ0v) is 10.2. The molecule has 0 radical (unpaired) electrons. The zero-order chi connectivity index (χ0) is 12.0. The van der Waals surface area contributed by atoms with Crippen LogP contribution in [-0.4, -0.2) is 29.3 Å². The van der Waals surface area contributed by atoms with Gasteiger partial charge in [-0.1, -0.05) is 6.92 Å². The van der Waals surface area contributed by atoms with Crippen LogP contribution in [0.1, 0.15) is 31.4 Å². The summed E-state index contributed by atoms with van der Waals surface area (Å²) >= 11 is 0. The van der Waals surface area contributed by atoms with Crippen LogP contribution in [0.15, 0.2) is 12.4 Å². The molecule has 1 unspecified atom stereocenters. The van der Waals surface area contributed by atoms with Crippen molar-refractivity contribution in [1.82, 2.24) is 20.4 Å². The predicted molar refractivity (Wildman–Crippen MR) is 62.9 cm³/mol. The molecule has 2 N–H and O–H groups in total. The van der Waals surface area contributed by atoms with Crippen molar-refractivity contribution in [1.29, 1.82) is 0 Å². The van der Waals surface area contributed by atoms with Crippen molar-refractivity contribution in [3.63, 3.8) is 0 Å². The lowest BCUT2D eigenvalue weighted by molar-refractivity contribution is -0.120. The lowest BCUT2D eigenvalue weighted by Crippen LogP contribution is -2.27. The Morgan fingerprint density at radius 3 is 2.88 bits per heavy atom. The van der Waals surface area contributed by atoms with E-state index in [1.807, 2.05) is 19.4 Å². The molecule has 0 saturated heterocycles. The van der Waals surface area contributed by atoms with Crippen LogP contribution in [0.5, 0.6) is 0 Å². The Labute approximate surface area is 96.2 Å². The van der Waals surface area contributed by atoms with Gasteiger partial charge in [0.15, 0.2) is 0 Å². The summed E-state index contributed by atoms with van der Waals surface area (Å²) in [6.45, 7) is 2.80. The third kappa shape index (κ3) is 3.66. The maximum Gasteiger partial charge on any atom is 0.221 e. The first-order valence-corrected chi connectivity index (χ1v) is 5.59. The molecular weight excluding hydrogens is 204 g/mol. The maximum atomic E-state index is 11.1. The molecule has 1 amide bonds. The molecule has 0 bridgehead atoms. The second-order valence-corrected chi connectivity index (χ2v) is 3.79. The Kier molecular flexibility index (Phi) is 4.98. The van der Waals surface area contributed by atoms with Gasteiger partial charge in [0.1, 0.15) is 0 Å². The van der Waals surface area contributed by atoms with Crippen molar-refractivity contribution < 1.29 is 4.79 Å². The van der Waals surface area contributed by atoms with Gasteiger partial charge in [-0.2, -0.15) is 5.10 Å². The number of nitrogens with zero attached hydrogens (tertiary/aromatic N) is 2. The average molecular weight is 224 g/mol. The number of nitrogens with one attached hydrogen (secondary N) is 2. The van der Waals surface area contributed by atoms with Crippen LogP contribution < -0.4 is 10.6 Å². The summed E-state index contributed by atoms with van der Waals surface area (Å²) in [6.07, 6.45) is 5.36. The van der Waals surface area contributed by atoms with Crippen molar-refractivity contribution in [3.05, 3.63) is 18.0 Å². The molecule has 0 spiro atoms. The number of aromatic nitrogens is 2. The lowest BCUT2D eigenvalue weighted by atomic mass is 10.1. The average Bonchev–Trinajstić information content (AvgIpc) is 2.70. The Morgan fingerprint density at radius 2 is 2.38 bits per heavy atom. The normalized spacial score (nSPS) is 12.4. The van der Waals surface area contributed by atoms with Crippen LogP contribution in [0, 0.1) is 0 Å². The molecule has 0 saturated carbocycles. The minimum Gasteiger partial charge on any atom is -0.359 e. The predicted octanol–water partition coefficient (Wildman–Crippen LogP) is 0.597. The summed E-state index contributed by atoms with van der Waals surface area (Å²) in [4.78, 5) is 11.1. The highest BCUT2D eigenvalue weighted by molar-refractivity contribution is 5.75. The third-order valence-corrected chi connectivity index (χ3v) is 2.56. The molecule has 0 aliphatic heterocycles. The van der Waals surface area contributed by atoms with E-state index in [-0.39, 0.29) is 11.9 Å². The minimum atomic E-state index is 0.0635. The molecule has 0 aromatic carbocycles. The van der Waals surface area contributed by atoms with Gasteiger partial charge in [-0.3, -0.25) is 9.48 Å². The van der Waals surface area contributed by atoms with E-state index < -0.39 is 0 Å². The fraction of sp³-hybridized carbons (Fsp3) is 0.636. The third-order valence-electron chi connectivity index (χ3n) is 2.56. The number of aryl methyl sites for hydroxylation is 1. The molecule has 1 rings (SSSR count). The van der Waals surface area contributed by atoms with E-state index >= 15 is 0 Å². The van der Waals surface area contributed by atoms with Crippen LogP contribution in [0.4, 0.5) is 0 Å². The second kappa shape index (κ2) is 6.27. The number of hydrogen-bond acceptors (Lipinski definition) is 3. The molecule has 1 aromatic heterocycles. The Bertz CT molecular complexity index is 334. The molecule has 1 heterocycles. The van der Waals surface area contributed by atoms with E-state index in [9.17, 15) is 4.79 Å². The summed E-state index contributed by atoms with van der Waals surface area (Å²) in [5, 5.41) is 10.1. The van der Waals surface area contributed by atoms with E-state index in [2.05, 4.69) is 22.7 Å². The Balaban J connectivity index is 2.41. The number of amides is 1. The van der Waals surface area contributed by atoms with E-state index in [0.717, 1.165) is 6.42 Å². The highest BCUT2D eigenvalue weighted by atomic mass is 16.1. The fourth-order valence-electron chi connectivity index (χ4n) is 1.60. The molecular formula is C11H20N4O. The van der Waals surface area contributed by atoms with Gasteiger partial charge in [-0.05, 0) is 6.42 Å². The van der Waals surface area contributed by atoms with Gasteiger partial charge >= 0.3 is 0 Å². The molecule has 0 fully saturated rings. The van der Waals surface area contributed by atoms with E-state index in [0.29, 0.717) is 13.0 Å².